The van der Waals surface area contributed by atoms with Gasteiger partial charge < -0.3 is 20.1 Å². The molecule has 136 valence electrons. The van der Waals surface area contributed by atoms with Crippen molar-refractivity contribution in [2.24, 2.45) is 0 Å². The molecule has 0 aliphatic carbocycles. The molecule has 1 heterocycles. The highest BCUT2D eigenvalue weighted by atomic mass is 19.1. The number of nitrogens with one attached hydrogen (secondary N) is 2. The number of benzene rings is 2. The van der Waals surface area contributed by atoms with Gasteiger partial charge in [-0.3, -0.25) is 9.59 Å². The fourth-order valence-electron chi connectivity index (χ4n) is 2.60. The van der Waals surface area contributed by atoms with Crippen molar-refractivity contribution >= 4 is 11.8 Å². The standard InChI is InChI=1S/C19H19FN2O4/c1-12(13-5-6-16-17(10-13)26-8-7-25-16)22-18(23)11-21-19(24)14-3-2-4-15(20)9-14/h2-6,9-10,12H,7-8,11H2,1H3,(H,21,24)(H,22,23)/t12-/m0/s1. The molecule has 2 amide bonds. The molecule has 1 atom stereocenters. The van der Waals surface area contributed by atoms with Crippen LogP contribution < -0.4 is 20.1 Å². The van der Waals surface area contributed by atoms with Crippen molar-refractivity contribution in [3.8, 4) is 11.5 Å². The van der Waals surface area contributed by atoms with Gasteiger partial charge in [0.25, 0.3) is 5.91 Å². The van der Waals surface area contributed by atoms with Crippen LogP contribution in [0, 0.1) is 5.82 Å². The van der Waals surface area contributed by atoms with Crippen LogP contribution in [-0.2, 0) is 4.79 Å². The Hall–Kier alpha value is -3.09. The number of carbonyl (C=O) groups excluding carboxylic acids is 2. The molecule has 1 aliphatic rings. The van der Waals surface area contributed by atoms with Gasteiger partial charge in [-0.25, -0.2) is 4.39 Å². The van der Waals surface area contributed by atoms with Crippen molar-refractivity contribution in [1.82, 2.24) is 10.6 Å². The number of halogens is 1. The molecule has 0 fully saturated rings. The average Bonchev–Trinajstić information content (AvgIpc) is 2.65. The zero-order valence-electron chi connectivity index (χ0n) is 14.3. The maximum absolute atomic E-state index is 13.1. The molecule has 0 spiro atoms. The molecule has 3 rings (SSSR count). The Morgan fingerprint density at radius 2 is 1.88 bits per heavy atom. The van der Waals surface area contributed by atoms with E-state index in [4.69, 9.17) is 9.47 Å². The van der Waals surface area contributed by atoms with E-state index in [0.717, 1.165) is 11.6 Å². The first-order valence-electron chi connectivity index (χ1n) is 8.25. The molecule has 6 nitrogen and oxygen atoms in total. The lowest BCUT2D eigenvalue weighted by Crippen LogP contribution is -2.38. The van der Waals surface area contributed by atoms with Gasteiger partial charge in [0.2, 0.25) is 5.91 Å². The molecular weight excluding hydrogens is 339 g/mol. The fourth-order valence-corrected chi connectivity index (χ4v) is 2.60. The number of hydrogen-bond acceptors (Lipinski definition) is 4. The van der Waals surface area contributed by atoms with E-state index in [0.29, 0.717) is 24.7 Å². The quantitative estimate of drug-likeness (QED) is 0.859. The van der Waals surface area contributed by atoms with Crippen molar-refractivity contribution in [1.29, 1.82) is 0 Å². The van der Waals surface area contributed by atoms with Crippen molar-refractivity contribution in [2.45, 2.75) is 13.0 Å². The number of carbonyl (C=O) groups is 2. The van der Waals surface area contributed by atoms with Crippen LogP contribution in [-0.4, -0.2) is 31.6 Å². The van der Waals surface area contributed by atoms with Crippen LogP contribution in [0.3, 0.4) is 0 Å². The first-order valence-corrected chi connectivity index (χ1v) is 8.25. The highest BCUT2D eigenvalue weighted by Crippen LogP contribution is 2.32. The smallest absolute Gasteiger partial charge is 0.251 e. The van der Waals surface area contributed by atoms with Crippen LogP contribution in [0.15, 0.2) is 42.5 Å². The third kappa shape index (κ3) is 4.30. The first kappa shape index (κ1) is 17.7. The number of fused-ring (bicyclic) bond motifs is 1. The summed E-state index contributed by atoms with van der Waals surface area (Å²) in [7, 11) is 0. The second kappa shape index (κ2) is 7.86. The Bertz CT molecular complexity index is 825. The lowest BCUT2D eigenvalue weighted by Gasteiger charge is -2.21. The summed E-state index contributed by atoms with van der Waals surface area (Å²) in [6.45, 7) is 2.63. The Morgan fingerprint density at radius 1 is 1.12 bits per heavy atom. The molecule has 26 heavy (non-hydrogen) atoms. The number of hydrogen-bond donors (Lipinski definition) is 2. The van der Waals surface area contributed by atoms with E-state index in [1.165, 1.54) is 18.2 Å². The molecule has 2 aromatic carbocycles. The predicted molar refractivity (Wildman–Crippen MR) is 92.7 cm³/mol. The molecule has 0 saturated heterocycles. The highest BCUT2D eigenvalue weighted by Gasteiger charge is 2.16. The summed E-state index contributed by atoms with van der Waals surface area (Å²) < 4.78 is 24.1. The summed E-state index contributed by atoms with van der Waals surface area (Å²) in [5.74, 6) is -0.0340. The van der Waals surface area contributed by atoms with E-state index in [9.17, 15) is 14.0 Å². The summed E-state index contributed by atoms with van der Waals surface area (Å²) >= 11 is 0. The minimum absolute atomic E-state index is 0.165. The maximum Gasteiger partial charge on any atom is 0.251 e. The summed E-state index contributed by atoms with van der Waals surface area (Å²) in [4.78, 5) is 24.0. The van der Waals surface area contributed by atoms with Gasteiger partial charge in [-0.2, -0.15) is 0 Å². The van der Waals surface area contributed by atoms with Crippen LogP contribution in [0.4, 0.5) is 4.39 Å². The molecule has 1 aliphatic heterocycles. The largest absolute Gasteiger partial charge is 0.486 e. The van der Waals surface area contributed by atoms with Gasteiger partial charge in [0.05, 0.1) is 12.6 Å². The summed E-state index contributed by atoms with van der Waals surface area (Å²) in [6, 6.07) is 10.5. The topological polar surface area (TPSA) is 76.7 Å². The van der Waals surface area contributed by atoms with E-state index in [-0.39, 0.29) is 24.1 Å². The van der Waals surface area contributed by atoms with Crippen LogP contribution in [0.2, 0.25) is 0 Å². The number of amides is 2. The van der Waals surface area contributed by atoms with Gasteiger partial charge >= 0.3 is 0 Å². The summed E-state index contributed by atoms with van der Waals surface area (Å²) in [5.41, 5.74) is 1.02. The molecular formula is C19H19FN2O4. The van der Waals surface area contributed by atoms with Crippen molar-refractivity contribution in [2.75, 3.05) is 19.8 Å². The Balaban J connectivity index is 1.53. The Morgan fingerprint density at radius 3 is 2.65 bits per heavy atom. The normalized spacial score (nSPS) is 13.6. The van der Waals surface area contributed by atoms with Crippen LogP contribution in [0.1, 0.15) is 28.9 Å². The van der Waals surface area contributed by atoms with E-state index in [1.54, 1.807) is 6.07 Å². The van der Waals surface area contributed by atoms with Crippen LogP contribution in [0.5, 0.6) is 11.5 Å². The molecule has 0 radical (unpaired) electrons. The predicted octanol–water partition coefficient (Wildman–Crippen LogP) is 2.20. The van der Waals surface area contributed by atoms with E-state index in [1.807, 2.05) is 19.1 Å². The first-order chi connectivity index (χ1) is 12.5. The Kier molecular flexibility index (Phi) is 5.36. The SMILES string of the molecule is C[C@H](NC(=O)CNC(=O)c1cccc(F)c1)c1ccc2c(c1)OCCO2. The lowest BCUT2D eigenvalue weighted by atomic mass is 10.1. The molecule has 0 unspecified atom stereocenters. The number of rotatable bonds is 5. The molecule has 2 aromatic rings. The van der Waals surface area contributed by atoms with E-state index >= 15 is 0 Å². The van der Waals surface area contributed by atoms with Gasteiger partial charge in [0.15, 0.2) is 11.5 Å². The molecule has 2 N–H and O–H groups in total. The van der Waals surface area contributed by atoms with Crippen molar-refractivity contribution in [3.05, 3.63) is 59.4 Å². The second-order valence-electron chi connectivity index (χ2n) is 5.89. The van der Waals surface area contributed by atoms with E-state index in [2.05, 4.69) is 10.6 Å². The molecule has 7 heteroatoms. The van der Waals surface area contributed by atoms with Gasteiger partial charge in [-0.1, -0.05) is 12.1 Å². The fraction of sp³-hybridized carbons (Fsp3) is 0.263. The zero-order chi connectivity index (χ0) is 18.5. The monoisotopic (exact) mass is 358 g/mol. The second-order valence-corrected chi connectivity index (χ2v) is 5.89. The molecule has 0 bridgehead atoms. The molecule has 0 aromatic heterocycles. The van der Waals surface area contributed by atoms with Crippen molar-refractivity contribution < 1.29 is 23.5 Å². The van der Waals surface area contributed by atoms with Gasteiger partial charge in [-0.15, -0.1) is 0 Å². The summed E-state index contributed by atoms with van der Waals surface area (Å²) in [5, 5.41) is 5.27. The van der Waals surface area contributed by atoms with Crippen molar-refractivity contribution in [3.63, 3.8) is 0 Å². The summed E-state index contributed by atoms with van der Waals surface area (Å²) in [6.07, 6.45) is 0. The number of ether oxygens (including phenoxy) is 2. The van der Waals surface area contributed by atoms with Crippen LogP contribution >= 0.6 is 0 Å². The third-order valence-corrected chi connectivity index (χ3v) is 3.94. The maximum atomic E-state index is 13.1. The van der Waals surface area contributed by atoms with E-state index < -0.39 is 11.7 Å². The lowest BCUT2D eigenvalue weighted by molar-refractivity contribution is -0.120. The molecule has 0 saturated carbocycles. The minimum Gasteiger partial charge on any atom is -0.486 e. The van der Waals surface area contributed by atoms with Gasteiger partial charge in [0, 0.05) is 5.56 Å². The zero-order valence-corrected chi connectivity index (χ0v) is 14.3. The van der Waals surface area contributed by atoms with Gasteiger partial charge in [0.1, 0.15) is 19.0 Å². The Labute approximate surface area is 150 Å². The van der Waals surface area contributed by atoms with Gasteiger partial charge in [-0.05, 0) is 42.8 Å². The third-order valence-electron chi connectivity index (χ3n) is 3.94. The highest BCUT2D eigenvalue weighted by molar-refractivity contribution is 5.96. The average molecular weight is 358 g/mol. The minimum atomic E-state index is -0.508. The van der Waals surface area contributed by atoms with Crippen LogP contribution in [0.25, 0.3) is 0 Å².